The largest absolute Gasteiger partial charge is 0.416 e. The Bertz CT molecular complexity index is 1140. The molecule has 2 aromatic carbocycles. The average Bonchev–Trinajstić information content (AvgIpc) is 3.23. The molecule has 0 aliphatic carbocycles. The molecule has 0 aromatic heterocycles. The molecule has 2 aromatic rings. The van der Waals surface area contributed by atoms with Crippen molar-refractivity contribution in [1.82, 2.24) is 4.90 Å². The maximum atomic E-state index is 13.6. The van der Waals surface area contributed by atoms with E-state index in [0.29, 0.717) is 37.9 Å². The van der Waals surface area contributed by atoms with Crippen molar-refractivity contribution in [3.8, 4) is 0 Å². The summed E-state index contributed by atoms with van der Waals surface area (Å²) in [4.78, 5) is 41.5. The van der Waals surface area contributed by atoms with Crippen LogP contribution in [0.2, 0.25) is 0 Å². The van der Waals surface area contributed by atoms with Crippen LogP contribution in [0.3, 0.4) is 0 Å². The van der Waals surface area contributed by atoms with Crippen LogP contribution in [0.5, 0.6) is 0 Å². The summed E-state index contributed by atoms with van der Waals surface area (Å²) in [5.41, 5.74) is -0.709. The highest BCUT2D eigenvalue weighted by molar-refractivity contribution is 6.10. The average molecular weight is 488 g/mol. The van der Waals surface area contributed by atoms with Crippen LogP contribution < -0.4 is 10.2 Å². The molecule has 0 bridgehead atoms. The normalized spacial score (nSPS) is 20.8. The molecule has 2 heterocycles. The van der Waals surface area contributed by atoms with Crippen molar-refractivity contribution in [2.45, 2.75) is 39.3 Å². The first kappa shape index (κ1) is 24.8. The summed E-state index contributed by atoms with van der Waals surface area (Å²) in [6.45, 7) is 5.67. The molecule has 0 spiro atoms. The van der Waals surface area contributed by atoms with Gasteiger partial charge in [0.05, 0.1) is 16.8 Å². The molecule has 2 aliphatic heterocycles. The number of alkyl halides is 3. The van der Waals surface area contributed by atoms with Crippen molar-refractivity contribution in [3.05, 3.63) is 59.2 Å². The number of amides is 3. The van der Waals surface area contributed by atoms with Crippen molar-refractivity contribution in [3.63, 3.8) is 0 Å². The second-order valence-electron chi connectivity index (χ2n) is 9.57. The molecule has 3 amide bonds. The minimum absolute atomic E-state index is 0.0353. The van der Waals surface area contributed by atoms with E-state index in [1.54, 1.807) is 29.2 Å². The number of benzene rings is 2. The zero-order chi connectivity index (χ0) is 25.3. The van der Waals surface area contributed by atoms with E-state index in [1.807, 2.05) is 0 Å². The lowest BCUT2D eigenvalue weighted by Gasteiger charge is -2.35. The van der Waals surface area contributed by atoms with E-state index in [9.17, 15) is 27.6 Å². The highest BCUT2D eigenvalue weighted by atomic mass is 19.4. The lowest BCUT2D eigenvalue weighted by molar-refractivity contribution is -0.137. The third-order valence-corrected chi connectivity index (χ3v) is 6.45. The molecule has 2 unspecified atom stereocenters. The quantitative estimate of drug-likeness (QED) is 0.644. The van der Waals surface area contributed by atoms with E-state index >= 15 is 0 Å². The predicted molar refractivity (Wildman–Crippen MR) is 126 cm³/mol. The van der Waals surface area contributed by atoms with Gasteiger partial charge < -0.3 is 15.1 Å². The molecular formula is C26H28F3N3O3. The molecule has 9 heteroatoms. The Labute approximate surface area is 202 Å². The fraction of sp³-hybridized carbons (Fsp3) is 0.423. The van der Waals surface area contributed by atoms with Gasteiger partial charge in [-0.3, -0.25) is 14.4 Å². The number of piperidine rings is 1. The topological polar surface area (TPSA) is 69.7 Å². The highest BCUT2D eigenvalue weighted by Gasteiger charge is 2.34. The summed E-state index contributed by atoms with van der Waals surface area (Å²) < 4.78 is 40.7. The second-order valence-corrected chi connectivity index (χ2v) is 9.57. The fourth-order valence-corrected chi connectivity index (χ4v) is 4.96. The Morgan fingerprint density at radius 2 is 1.71 bits per heavy atom. The number of para-hydroxylation sites is 1. The van der Waals surface area contributed by atoms with Crippen molar-refractivity contribution < 1.29 is 27.6 Å². The van der Waals surface area contributed by atoms with Crippen LogP contribution in [0.4, 0.5) is 24.5 Å². The number of hydrogen-bond donors (Lipinski definition) is 1. The summed E-state index contributed by atoms with van der Waals surface area (Å²) in [5, 5.41) is 2.62. The standard InChI is InChI=1S/C26H28F3N3O3/c1-16-10-17(2)15-31(14-16)25(35)21-6-3-4-7-22(21)30-24(34)18-11-19(26(27,28)29)13-20(12-18)32-9-5-8-23(32)33/h3-4,6-7,11-13,16-17H,5,8-10,14-15H2,1-2H3,(H,30,34). The van der Waals surface area contributed by atoms with Gasteiger partial charge in [0.2, 0.25) is 5.91 Å². The highest BCUT2D eigenvalue weighted by Crippen LogP contribution is 2.34. The first-order valence-electron chi connectivity index (χ1n) is 11.7. The summed E-state index contributed by atoms with van der Waals surface area (Å²) in [7, 11) is 0. The van der Waals surface area contributed by atoms with Gasteiger partial charge in [-0.05, 0) is 55.0 Å². The number of halogens is 3. The zero-order valence-corrected chi connectivity index (χ0v) is 19.7. The maximum absolute atomic E-state index is 13.6. The number of rotatable bonds is 4. The van der Waals surface area contributed by atoms with E-state index in [1.165, 1.54) is 11.0 Å². The predicted octanol–water partition coefficient (Wildman–Crippen LogP) is 5.20. The van der Waals surface area contributed by atoms with E-state index < -0.39 is 17.6 Å². The third-order valence-electron chi connectivity index (χ3n) is 6.45. The van der Waals surface area contributed by atoms with Crippen molar-refractivity contribution >= 4 is 29.1 Å². The first-order chi connectivity index (χ1) is 16.5. The van der Waals surface area contributed by atoms with Gasteiger partial charge in [-0.25, -0.2) is 0 Å². The Morgan fingerprint density at radius 1 is 1.03 bits per heavy atom. The number of nitrogens with one attached hydrogen (secondary N) is 1. The molecule has 2 atom stereocenters. The van der Waals surface area contributed by atoms with Crippen LogP contribution in [0.15, 0.2) is 42.5 Å². The lowest BCUT2D eigenvalue weighted by atomic mass is 9.91. The number of hydrogen-bond acceptors (Lipinski definition) is 3. The lowest BCUT2D eigenvalue weighted by Crippen LogP contribution is -2.42. The summed E-state index contributed by atoms with van der Waals surface area (Å²) in [6.07, 6.45) is -2.87. The molecule has 2 saturated heterocycles. The van der Waals surface area contributed by atoms with Crippen molar-refractivity contribution in [1.29, 1.82) is 0 Å². The second kappa shape index (κ2) is 9.71. The molecule has 0 radical (unpaired) electrons. The van der Waals surface area contributed by atoms with Gasteiger partial charge in [0, 0.05) is 37.3 Å². The molecule has 2 fully saturated rings. The van der Waals surface area contributed by atoms with Crippen LogP contribution >= 0.6 is 0 Å². The zero-order valence-electron chi connectivity index (χ0n) is 19.7. The number of carbonyl (C=O) groups is 3. The Hall–Kier alpha value is -3.36. The summed E-state index contributed by atoms with van der Waals surface area (Å²) in [5.74, 6) is -0.601. The van der Waals surface area contributed by atoms with Crippen molar-refractivity contribution in [2.75, 3.05) is 29.9 Å². The van der Waals surface area contributed by atoms with Gasteiger partial charge in [0.15, 0.2) is 0 Å². The van der Waals surface area contributed by atoms with E-state index in [2.05, 4.69) is 19.2 Å². The van der Waals surface area contributed by atoms with Gasteiger partial charge in [0.1, 0.15) is 0 Å². The van der Waals surface area contributed by atoms with Crippen LogP contribution in [0, 0.1) is 11.8 Å². The van der Waals surface area contributed by atoms with Crippen LogP contribution in [-0.4, -0.2) is 42.3 Å². The van der Waals surface area contributed by atoms with Crippen molar-refractivity contribution in [2.24, 2.45) is 11.8 Å². The van der Waals surface area contributed by atoms with Gasteiger partial charge in [0.25, 0.3) is 11.8 Å². The van der Waals surface area contributed by atoms with E-state index in [0.717, 1.165) is 18.6 Å². The molecule has 6 nitrogen and oxygen atoms in total. The molecular weight excluding hydrogens is 459 g/mol. The van der Waals surface area contributed by atoms with Gasteiger partial charge >= 0.3 is 6.18 Å². The molecule has 4 rings (SSSR count). The molecule has 1 N–H and O–H groups in total. The molecule has 2 aliphatic rings. The SMILES string of the molecule is CC1CC(C)CN(C(=O)c2ccccc2NC(=O)c2cc(N3CCCC3=O)cc(C(F)(F)F)c2)C1. The third kappa shape index (κ3) is 5.49. The smallest absolute Gasteiger partial charge is 0.338 e. The Morgan fingerprint density at radius 3 is 2.34 bits per heavy atom. The number of likely N-dealkylation sites (tertiary alicyclic amines) is 1. The van der Waals surface area contributed by atoms with E-state index in [-0.39, 0.29) is 40.7 Å². The molecule has 186 valence electrons. The van der Waals surface area contributed by atoms with Crippen LogP contribution in [0.1, 0.15) is 59.4 Å². The maximum Gasteiger partial charge on any atom is 0.416 e. The van der Waals surface area contributed by atoms with Crippen LogP contribution in [0.25, 0.3) is 0 Å². The number of anilines is 2. The monoisotopic (exact) mass is 487 g/mol. The first-order valence-corrected chi connectivity index (χ1v) is 11.7. The Balaban J connectivity index is 1.63. The molecule has 0 saturated carbocycles. The van der Waals surface area contributed by atoms with E-state index in [4.69, 9.17) is 0 Å². The molecule has 35 heavy (non-hydrogen) atoms. The minimum atomic E-state index is -4.69. The number of nitrogens with zero attached hydrogens (tertiary/aromatic N) is 2. The minimum Gasteiger partial charge on any atom is -0.338 e. The summed E-state index contributed by atoms with van der Waals surface area (Å²) >= 11 is 0. The number of carbonyl (C=O) groups excluding carboxylic acids is 3. The Kier molecular flexibility index (Phi) is 6.87. The van der Waals surface area contributed by atoms with Gasteiger partial charge in [-0.15, -0.1) is 0 Å². The van der Waals surface area contributed by atoms with Crippen LogP contribution in [-0.2, 0) is 11.0 Å². The fourth-order valence-electron chi connectivity index (χ4n) is 4.96. The van der Waals surface area contributed by atoms with Gasteiger partial charge in [-0.1, -0.05) is 26.0 Å². The summed E-state index contributed by atoms with van der Waals surface area (Å²) in [6, 6.07) is 9.42. The van der Waals surface area contributed by atoms with Gasteiger partial charge in [-0.2, -0.15) is 13.2 Å².